The van der Waals surface area contributed by atoms with Crippen molar-refractivity contribution < 1.29 is 4.39 Å². The van der Waals surface area contributed by atoms with Crippen LogP contribution in [0.25, 0.3) is 0 Å². The molecule has 0 saturated carbocycles. The van der Waals surface area contributed by atoms with Gasteiger partial charge in [-0.3, -0.25) is 11.3 Å². The molecule has 2 aromatic rings. The predicted octanol–water partition coefficient (Wildman–Crippen LogP) is 4.35. The van der Waals surface area contributed by atoms with Crippen LogP contribution in [0.3, 0.4) is 0 Å². The van der Waals surface area contributed by atoms with Crippen LogP contribution in [-0.4, -0.2) is 0 Å². The van der Waals surface area contributed by atoms with E-state index in [0.29, 0.717) is 17.4 Å². The van der Waals surface area contributed by atoms with Crippen LogP contribution in [0.2, 0.25) is 5.02 Å². The van der Waals surface area contributed by atoms with Crippen molar-refractivity contribution in [3.63, 3.8) is 0 Å². The summed E-state index contributed by atoms with van der Waals surface area (Å²) >= 11 is 6.10. The molecule has 0 aliphatic carbocycles. The van der Waals surface area contributed by atoms with Crippen molar-refractivity contribution in [3.8, 4) is 0 Å². The Morgan fingerprint density at radius 3 is 2.33 bits per heavy atom. The summed E-state index contributed by atoms with van der Waals surface area (Å²) in [4.78, 5) is 0. The topological polar surface area (TPSA) is 38.0 Å². The molecule has 21 heavy (non-hydrogen) atoms. The van der Waals surface area contributed by atoms with Crippen LogP contribution in [0.5, 0.6) is 0 Å². The Kier molecular flexibility index (Phi) is 5.34. The molecule has 2 aromatic carbocycles. The van der Waals surface area contributed by atoms with Crippen molar-refractivity contribution in [2.75, 3.05) is 0 Å². The van der Waals surface area contributed by atoms with E-state index in [1.807, 2.05) is 0 Å². The Labute approximate surface area is 130 Å². The van der Waals surface area contributed by atoms with Crippen molar-refractivity contribution in [3.05, 3.63) is 70.0 Å². The van der Waals surface area contributed by atoms with Gasteiger partial charge in [0.1, 0.15) is 5.82 Å². The molecule has 0 aromatic heterocycles. The highest BCUT2D eigenvalue weighted by molar-refractivity contribution is 6.31. The molecule has 2 nitrogen and oxygen atoms in total. The van der Waals surface area contributed by atoms with Crippen molar-refractivity contribution >= 4 is 11.6 Å². The largest absolute Gasteiger partial charge is 0.271 e. The fourth-order valence-electron chi connectivity index (χ4n) is 2.32. The zero-order chi connectivity index (χ0) is 15.4. The van der Waals surface area contributed by atoms with Gasteiger partial charge in [0.05, 0.1) is 6.04 Å². The van der Waals surface area contributed by atoms with E-state index in [-0.39, 0.29) is 11.9 Å². The highest BCUT2D eigenvalue weighted by Gasteiger charge is 2.14. The first-order chi connectivity index (χ1) is 10.0. The lowest BCUT2D eigenvalue weighted by Gasteiger charge is -2.18. The molecule has 1 atom stereocenters. The first kappa shape index (κ1) is 16.0. The van der Waals surface area contributed by atoms with E-state index in [9.17, 15) is 4.39 Å². The number of rotatable bonds is 5. The van der Waals surface area contributed by atoms with Crippen LogP contribution in [0, 0.1) is 5.82 Å². The molecule has 2 rings (SSSR count). The molecular formula is C17H20ClFN2. The summed E-state index contributed by atoms with van der Waals surface area (Å²) in [5, 5.41) is 0.386. The Hall–Kier alpha value is -1.42. The molecule has 112 valence electrons. The quantitative estimate of drug-likeness (QED) is 0.636. The van der Waals surface area contributed by atoms with Crippen LogP contribution in [0.1, 0.15) is 42.5 Å². The molecule has 0 amide bonds. The molecule has 0 fully saturated rings. The van der Waals surface area contributed by atoms with Crippen LogP contribution < -0.4 is 11.3 Å². The maximum atomic E-state index is 13.1. The average Bonchev–Trinajstić information content (AvgIpc) is 2.46. The van der Waals surface area contributed by atoms with Gasteiger partial charge in [0.15, 0.2) is 0 Å². The summed E-state index contributed by atoms with van der Waals surface area (Å²) in [6.45, 7) is 4.33. The van der Waals surface area contributed by atoms with Gasteiger partial charge in [-0.15, -0.1) is 0 Å². The molecule has 4 heteroatoms. The zero-order valence-electron chi connectivity index (χ0n) is 12.2. The van der Waals surface area contributed by atoms with Crippen LogP contribution in [0.4, 0.5) is 4.39 Å². The minimum Gasteiger partial charge on any atom is -0.271 e. The number of hydrogen-bond acceptors (Lipinski definition) is 2. The Morgan fingerprint density at radius 1 is 1.14 bits per heavy atom. The zero-order valence-corrected chi connectivity index (χ0v) is 13.0. The molecule has 0 aliphatic heterocycles. The Balaban J connectivity index is 2.18. The summed E-state index contributed by atoms with van der Waals surface area (Å²) in [6.07, 6.45) is 0.695. The maximum Gasteiger partial charge on any atom is 0.124 e. The van der Waals surface area contributed by atoms with Gasteiger partial charge >= 0.3 is 0 Å². The van der Waals surface area contributed by atoms with E-state index >= 15 is 0 Å². The SMILES string of the molecule is CC(C)c1ccc(CC(NN)c2ccc(F)cc2Cl)cc1. The number of benzene rings is 2. The number of nitrogens with two attached hydrogens (primary N) is 1. The highest BCUT2D eigenvalue weighted by Crippen LogP contribution is 2.26. The van der Waals surface area contributed by atoms with Crippen molar-refractivity contribution in [2.24, 2.45) is 5.84 Å². The second-order valence-electron chi connectivity index (χ2n) is 5.49. The van der Waals surface area contributed by atoms with Gasteiger partial charge < -0.3 is 0 Å². The first-order valence-electron chi connectivity index (χ1n) is 7.01. The minimum atomic E-state index is -0.346. The summed E-state index contributed by atoms with van der Waals surface area (Å²) in [5.41, 5.74) is 6.01. The van der Waals surface area contributed by atoms with Gasteiger partial charge in [0.25, 0.3) is 0 Å². The lowest BCUT2D eigenvalue weighted by atomic mass is 9.96. The molecule has 1 unspecified atom stereocenters. The van der Waals surface area contributed by atoms with Crippen molar-refractivity contribution in [1.29, 1.82) is 0 Å². The molecule has 0 saturated heterocycles. The molecule has 0 aliphatic rings. The Morgan fingerprint density at radius 2 is 1.81 bits per heavy atom. The second kappa shape index (κ2) is 7.03. The lowest BCUT2D eigenvalue weighted by Crippen LogP contribution is -2.29. The van der Waals surface area contributed by atoms with E-state index in [1.165, 1.54) is 17.7 Å². The van der Waals surface area contributed by atoms with Crippen LogP contribution >= 0.6 is 11.6 Å². The van der Waals surface area contributed by atoms with Crippen LogP contribution in [0.15, 0.2) is 42.5 Å². The fraction of sp³-hybridized carbons (Fsp3) is 0.294. The van der Waals surface area contributed by atoms with Gasteiger partial charge in [-0.25, -0.2) is 4.39 Å². The van der Waals surface area contributed by atoms with E-state index in [2.05, 4.69) is 43.5 Å². The van der Waals surface area contributed by atoms with Gasteiger partial charge in [-0.05, 0) is 41.2 Å². The van der Waals surface area contributed by atoms with E-state index < -0.39 is 0 Å². The van der Waals surface area contributed by atoms with E-state index in [0.717, 1.165) is 11.1 Å². The second-order valence-corrected chi connectivity index (χ2v) is 5.89. The molecule has 3 N–H and O–H groups in total. The number of hydrogen-bond donors (Lipinski definition) is 2. The minimum absolute atomic E-state index is 0.150. The average molecular weight is 307 g/mol. The predicted molar refractivity (Wildman–Crippen MR) is 85.7 cm³/mol. The van der Waals surface area contributed by atoms with E-state index in [1.54, 1.807) is 6.07 Å². The van der Waals surface area contributed by atoms with Gasteiger partial charge in [0, 0.05) is 5.02 Å². The Bertz CT molecular complexity index is 596. The highest BCUT2D eigenvalue weighted by atomic mass is 35.5. The monoisotopic (exact) mass is 306 g/mol. The van der Waals surface area contributed by atoms with Crippen molar-refractivity contribution in [1.82, 2.24) is 5.43 Å². The number of nitrogens with one attached hydrogen (secondary N) is 1. The third kappa shape index (κ3) is 4.03. The molecule has 0 bridgehead atoms. The summed E-state index contributed by atoms with van der Waals surface area (Å²) < 4.78 is 13.1. The molecular weight excluding hydrogens is 287 g/mol. The normalized spacial score (nSPS) is 12.7. The van der Waals surface area contributed by atoms with Gasteiger partial charge in [-0.2, -0.15) is 0 Å². The van der Waals surface area contributed by atoms with Gasteiger partial charge in [0.2, 0.25) is 0 Å². The molecule has 0 heterocycles. The van der Waals surface area contributed by atoms with E-state index in [4.69, 9.17) is 17.4 Å². The number of halogens is 2. The third-order valence-corrected chi connectivity index (χ3v) is 3.95. The van der Waals surface area contributed by atoms with Crippen molar-refractivity contribution in [2.45, 2.75) is 32.2 Å². The molecule has 0 radical (unpaired) electrons. The summed E-state index contributed by atoms with van der Waals surface area (Å²) in [5.74, 6) is 5.80. The first-order valence-corrected chi connectivity index (χ1v) is 7.39. The summed E-state index contributed by atoms with van der Waals surface area (Å²) in [7, 11) is 0. The standard InChI is InChI=1S/C17H20ClFN2/c1-11(2)13-5-3-12(4-6-13)9-17(21-20)15-8-7-14(19)10-16(15)18/h3-8,10-11,17,21H,9,20H2,1-2H3. The summed E-state index contributed by atoms with van der Waals surface area (Å²) in [6, 6.07) is 12.7. The maximum absolute atomic E-state index is 13.1. The molecule has 0 spiro atoms. The lowest BCUT2D eigenvalue weighted by molar-refractivity contribution is 0.549. The van der Waals surface area contributed by atoms with Gasteiger partial charge in [-0.1, -0.05) is 55.8 Å². The third-order valence-electron chi connectivity index (χ3n) is 3.63. The smallest absolute Gasteiger partial charge is 0.124 e. The number of hydrazine groups is 1. The fourth-order valence-corrected chi connectivity index (χ4v) is 2.62. The van der Waals surface area contributed by atoms with Crippen LogP contribution in [-0.2, 0) is 6.42 Å².